The second kappa shape index (κ2) is 6.73. The highest BCUT2D eigenvalue weighted by Gasteiger charge is 2.21. The van der Waals surface area contributed by atoms with Gasteiger partial charge in [0.15, 0.2) is 5.76 Å². The van der Waals surface area contributed by atoms with E-state index in [1.165, 1.54) is 17.7 Å². The predicted molar refractivity (Wildman–Crippen MR) is 85.1 cm³/mol. The van der Waals surface area contributed by atoms with Crippen molar-refractivity contribution in [2.75, 3.05) is 0 Å². The van der Waals surface area contributed by atoms with E-state index in [4.69, 9.17) is 4.52 Å². The summed E-state index contributed by atoms with van der Waals surface area (Å²) in [5, 5.41) is 9.76. The monoisotopic (exact) mass is 305 g/mol. The van der Waals surface area contributed by atoms with Gasteiger partial charge in [-0.1, -0.05) is 11.2 Å². The molecular formula is C16H23N3OS. The number of aromatic nitrogens is 1. The maximum absolute atomic E-state index is 5.49. The highest BCUT2D eigenvalue weighted by molar-refractivity contribution is 7.09. The summed E-state index contributed by atoms with van der Waals surface area (Å²) in [5.41, 5.74) is 1.01. The van der Waals surface area contributed by atoms with Crippen LogP contribution in [0.25, 0.3) is 0 Å². The minimum absolute atomic E-state index is 0.477. The summed E-state index contributed by atoms with van der Waals surface area (Å²) in [6, 6.07) is 7.56. The van der Waals surface area contributed by atoms with Crippen LogP contribution in [0, 0.1) is 0 Å². The molecule has 1 aliphatic rings. The first-order chi connectivity index (χ1) is 10.2. The molecule has 1 N–H and O–H groups in total. The van der Waals surface area contributed by atoms with E-state index in [1.807, 2.05) is 0 Å². The van der Waals surface area contributed by atoms with Gasteiger partial charge in [0.05, 0.1) is 12.2 Å². The fourth-order valence-electron chi connectivity index (χ4n) is 2.27. The van der Waals surface area contributed by atoms with Crippen molar-refractivity contribution < 1.29 is 4.52 Å². The fourth-order valence-corrected chi connectivity index (χ4v) is 3.00. The minimum atomic E-state index is 0.477. The molecule has 5 heteroatoms. The molecule has 0 spiro atoms. The van der Waals surface area contributed by atoms with Gasteiger partial charge in [-0.2, -0.15) is 0 Å². The number of thiophene rings is 1. The molecule has 1 aliphatic carbocycles. The molecule has 1 fully saturated rings. The molecule has 2 aromatic heterocycles. The van der Waals surface area contributed by atoms with Crippen LogP contribution in [-0.2, 0) is 19.6 Å². The third-order valence-corrected chi connectivity index (χ3v) is 4.65. The molecule has 0 bridgehead atoms. The summed E-state index contributed by atoms with van der Waals surface area (Å²) in [6.07, 6.45) is 2.60. The van der Waals surface area contributed by atoms with Crippen molar-refractivity contribution in [1.29, 1.82) is 0 Å². The van der Waals surface area contributed by atoms with Crippen LogP contribution in [0.15, 0.2) is 28.1 Å². The van der Waals surface area contributed by atoms with Crippen molar-refractivity contribution in [3.05, 3.63) is 39.9 Å². The first kappa shape index (κ1) is 14.8. The Kier molecular flexibility index (Phi) is 4.73. The van der Waals surface area contributed by atoms with E-state index >= 15 is 0 Å². The molecule has 3 rings (SSSR count). The van der Waals surface area contributed by atoms with Crippen LogP contribution in [0.2, 0.25) is 0 Å². The Morgan fingerprint density at radius 1 is 1.43 bits per heavy atom. The molecular weight excluding hydrogens is 282 g/mol. The van der Waals surface area contributed by atoms with Gasteiger partial charge in [0.1, 0.15) is 0 Å². The fraction of sp³-hybridized carbons (Fsp3) is 0.562. The van der Waals surface area contributed by atoms with E-state index in [2.05, 4.69) is 52.8 Å². The number of hydrogen-bond donors (Lipinski definition) is 1. The summed E-state index contributed by atoms with van der Waals surface area (Å²) in [5.74, 6) is 0.952. The molecule has 114 valence electrons. The molecule has 1 saturated carbocycles. The van der Waals surface area contributed by atoms with Crippen LogP contribution < -0.4 is 5.32 Å². The van der Waals surface area contributed by atoms with E-state index in [9.17, 15) is 0 Å². The number of hydrogen-bond acceptors (Lipinski definition) is 5. The van der Waals surface area contributed by atoms with Crippen molar-refractivity contribution in [3.8, 4) is 0 Å². The summed E-state index contributed by atoms with van der Waals surface area (Å²) in [6.45, 7) is 7.04. The van der Waals surface area contributed by atoms with E-state index in [-0.39, 0.29) is 0 Å². The Bertz CT molecular complexity index is 546. The second-order valence-electron chi connectivity index (χ2n) is 6.02. The topological polar surface area (TPSA) is 41.3 Å². The Morgan fingerprint density at radius 2 is 2.29 bits per heavy atom. The third kappa shape index (κ3) is 4.40. The average molecular weight is 305 g/mol. The van der Waals surface area contributed by atoms with Crippen molar-refractivity contribution in [2.45, 2.75) is 58.4 Å². The Balaban J connectivity index is 1.56. The number of rotatable bonds is 8. The lowest BCUT2D eigenvalue weighted by Crippen LogP contribution is -2.29. The molecule has 0 unspecified atom stereocenters. The zero-order valence-electron chi connectivity index (χ0n) is 12.7. The van der Waals surface area contributed by atoms with Crippen LogP contribution in [0.3, 0.4) is 0 Å². The number of nitrogens with one attached hydrogen (secondary N) is 1. The molecule has 0 amide bonds. The lowest BCUT2D eigenvalue weighted by atomic mass is 10.2. The minimum Gasteiger partial charge on any atom is -0.360 e. The van der Waals surface area contributed by atoms with Gasteiger partial charge in [0.25, 0.3) is 0 Å². The lowest BCUT2D eigenvalue weighted by molar-refractivity contribution is 0.181. The van der Waals surface area contributed by atoms with Gasteiger partial charge in [-0.25, -0.2) is 0 Å². The van der Waals surface area contributed by atoms with Gasteiger partial charge in [-0.3, -0.25) is 4.90 Å². The van der Waals surface area contributed by atoms with Gasteiger partial charge in [-0.05, 0) is 38.1 Å². The molecule has 2 heterocycles. The van der Waals surface area contributed by atoms with E-state index in [1.54, 1.807) is 11.3 Å². The predicted octanol–water partition coefficient (Wildman–Crippen LogP) is 3.40. The summed E-state index contributed by atoms with van der Waals surface area (Å²) < 4.78 is 5.49. The van der Waals surface area contributed by atoms with Gasteiger partial charge < -0.3 is 9.84 Å². The molecule has 21 heavy (non-hydrogen) atoms. The summed E-state index contributed by atoms with van der Waals surface area (Å²) in [4.78, 5) is 3.80. The van der Waals surface area contributed by atoms with E-state index < -0.39 is 0 Å². The molecule has 4 nitrogen and oxygen atoms in total. The van der Waals surface area contributed by atoms with Crippen molar-refractivity contribution >= 4 is 11.3 Å². The maximum atomic E-state index is 5.49. The Hall–Kier alpha value is -1.17. The SMILES string of the molecule is CC(C)N(Cc1cc(CNC2CC2)no1)Cc1cccs1. The molecule has 0 aliphatic heterocycles. The Morgan fingerprint density at radius 3 is 2.95 bits per heavy atom. The lowest BCUT2D eigenvalue weighted by Gasteiger charge is -2.24. The molecule has 0 aromatic carbocycles. The normalized spacial score (nSPS) is 15.2. The largest absolute Gasteiger partial charge is 0.360 e. The van der Waals surface area contributed by atoms with Crippen molar-refractivity contribution in [1.82, 2.24) is 15.4 Å². The van der Waals surface area contributed by atoms with Crippen LogP contribution in [0.1, 0.15) is 43.0 Å². The van der Waals surface area contributed by atoms with Crippen molar-refractivity contribution in [2.24, 2.45) is 0 Å². The summed E-state index contributed by atoms with van der Waals surface area (Å²) >= 11 is 1.80. The first-order valence-electron chi connectivity index (χ1n) is 7.65. The first-order valence-corrected chi connectivity index (χ1v) is 8.53. The maximum Gasteiger partial charge on any atom is 0.151 e. The van der Waals surface area contributed by atoms with Gasteiger partial charge >= 0.3 is 0 Å². The average Bonchev–Trinajstić information content (AvgIpc) is 2.96. The third-order valence-electron chi connectivity index (χ3n) is 3.79. The Labute approximate surface area is 130 Å². The summed E-state index contributed by atoms with van der Waals surface area (Å²) in [7, 11) is 0. The molecule has 0 atom stereocenters. The van der Waals surface area contributed by atoms with Crippen LogP contribution in [0.5, 0.6) is 0 Å². The van der Waals surface area contributed by atoms with Crippen LogP contribution in [0.4, 0.5) is 0 Å². The smallest absolute Gasteiger partial charge is 0.151 e. The zero-order chi connectivity index (χ0) is 14.7. The van der Waals surface area contributed by atoms with Gasteiger partial charge in [0, 0.05) is 36.1 Å². The van der Waals surface area contributed by atoms with Crippen molar-refractivity contribution in [3.63, 3.8) is 0 Å². The second-order valence-corrected chi connectivity index (χ2v) is 7.05. The highest BCUT2D eigenvalue weighted by Crippen LogP contribution is 2.20. The zero-order valence-corrected chi connectivity index (χ0v) is 13.5. The van der Waals surface area contributed by atoms with Crippen LogP contribution in [-0.4, -0.2) is 22.1 Å². The number of nitrogens with zero attached hydrogens (tertiary/aromatic N) is 2. The van der Waals surface area contributed by atoms with Gasteiger partial charge in [-0.15, -0.1) is 11.3 Å². The quantitative estimate of drug-likeness (QED) is 0.811. The molecule has 0 saturated heterocycles. The molecule has 0 radical (unpaired) electrons. The highest BCUT2D eigenvalue weighted by atomic mass is 32.1. The van der Waals surface area contributed by atoms with E-state index in [0.717, 1.165) is 31.1 Å². The van der Waals surface area contributed by atoms with E-state index in [0.29, 0.717) is 12.1 Å². The van der Waals surface area contributed by atoms with Gasteiger partial charge in [0.2, 0.25) is 0 Å². The molecule has 2 aromatic rings. The van der Waals surface area contributed by atoms with Crippen LogP contribution >= 0.6 is 11.3 Å². The standard InChI is InChI=1S/C16H23N3OS/c1-12(2)19(11-16-4-3-7-21-16)10-15-8-14(18-20-15)9-17-13-5-6-13/h3-4,7-8,12-13,17H,5-6,9-11H2,1-2H3.